The summed E-state index contributed by atoms with van der Waals surface area (Å²) in [5.41, 5.74) is 0.00950. The van der Waals surface area contributed by atoms with Crippen molar-refractivity contribution in [2.45, 2.75) is 82.2 Å². The van der Waals surface area contributed by atoms with Crippen molar-refractivity contribution in [1.29, 1.82) is 0 Å². The van der Waals surface area contributed by atoms with Gasteiger partial charge in [0.1, 0.15) is 45.6 Å². The molecule has 3 aromatic carbocycles. The van der Waals surface area contributed by atoms with Gasteiger partial charge in [-0.3, -0.25) is 14.4 Å². The van der Waals surface area contributed by atoms with Crippen LogP contribution < -0.4 is 23.7 Å². The molecule has 70 heavy (non-hydrogen) atoms. The molecule has 4 aliphatic heterocycles. The van der Waals surface area contributed by atoms with Crippen molar-refractivity contribution < 1.29 is 85.6 Å². The number of allylic oxidation sites excluding steroid dienone is 2. The van der Waals surface area contributed by atoms with E-state index in [1.807, 2.05) is 6.08 Å². The van der Waals surface area contributed by atoms with Crippen LogP contribution in [0.4, 0.5) is 0 Å². The number of rotatable bonds is 24. The number of carbonyl (C=O) groups excluding carboxylic acids is 6. The summed E-state index contributed by atoms with van der Waals surface area (Å²) in [7, 11) is 0. The number of benzene rings is 3. The van der Waals surface area contributed by atoms with Gasteiger partial charge in [-0.25, -0.2) is 14.4 Å². The third-order valence-electron chi connectivity index (χ3n) is 12.4. The fourth-order valence-electron chi connectivity index (χ4n) is 7.80. The number of hydrogen-bond donors (Lipinski definition) is 0. The second-order valence-corrected chi connectivity index (χ2v) is 17.8. The highest BCUT2D eigenvalue weighted by Crippen LogP contribution is 2.35. The molecule has 1 saturated carbocycles. The quantitative estimate of drug-likeness (QED) is 0.0534. The minimum atomic E-state index is -0.780. The molecule has 0 N–H and O–H groups in total. The molecule has 6 aliphatic rings. The first-order valence-electron chi connectivity index (χ1n) is 23.8. The monoisotopic (exact) mass is 966 g/mol. The molecule has 5 atom stereocenters. The van der Waals surface area contributed by atoms with Gasteiger partial charge in [0.25, 0.3) is 0 Å². The van der Waals surface area contributed by atoms with Gasteiger partial charge in [0.2, 0.25) is 0 Å². The van der Waals surface area contributed by atoms with Crippen molar-refractivity contribution in [2.75, 3.05) is 52.9 Å². The molecule has 0 spiro atoms. The molecule has 3 aromatic rings. The Balaban J connectivity index is 0.780. The van der Waals surface area contributed by atoms with Gasteiger partial charge in [-0.05, 0) is 105 Å². The van der Waals surface area contributed by atoms with E-state index in [1.165, 1.54) is 36.4 Å². The van der Waals surface area contributed by atoms with Gasteiger partial charge >= 0.3 is 35.8 Å². The zero-order chi connectivity index (χ0) is 48.4. The van der Waals surface area contributed by atoms with Crippen molar-refractivity contribution in [1.82, 2.24) is 0 Å². The van der Waals surface area contributed by atoms with Gasteiger partial charge in [-0.1, -0.05) is 6.08 Å². The summed E-state index contributed by atoms with van der Waals surface area (Å²) in [5, 5.41) is 0. The minimum Gasteiger partial charge on any atom is -0.494 e. The van der Waals surface area contributed by atoms with Crippen LogP contribution in [-0.2, 0) is 47.5 Å². The third-order valence-corrected chi connectivity index (χ3v) is 12.4. The van der Waals surface area contributed by atoms with Crippen LogP contribution >= 0.6 is 0 Å². The minimum absolute atomic E-state index is 0.0189. The van der Waals surface area contributed by atoms with Gasteiger partial charge in [0, 0.05) is 25.7 Å². The number of hydrogen-bond acceptors (Lipinski definition) is 18. The maximum absolute atomic E-state index is 13.5. The normalized spacial score (nSPS) is 23.7. The van der Waals surface area contributed by atoms with E-state index >= 15 is 0 Å². The molecular weight excluding hydrogens is 913 g/mol. The Morgan fingerprint density at radius 3 is 1.41 bits per heavy atom. The summed E-state index contributed by atoms with van der Waals surface area (Å²) in [6, 6.07) is 14.6. The molecule has 5 fully saturated rings. The average Bonchev–Trinajstić information content (AvgIpc) is 4.13. The van der Waals surface area contributed by atoms with Crippen LogP contribution in [0.15, 0.2) is 84.7 Å². The predicted molar refractivity (Wildman–Crippen MR) is 241 cm³/mol. The molecule has 4 saturated heterocycles. The first kappa shape index (κ1) is 48.4. The van der Waals surface area contributed by atoms with Gasteiger partial charge in [0.15, 0.2) is 0 Å². The Bertz CT molecular complexity index is 2450. The standard InChI is InChI=1S/C52H54O18/c53-47(67-37-13-15-45(43(25-37)51(57)61-23-19-41-29-65-41)69-49(55)33-5-9-35(10-6-33)59-21-17-39-27-63-39)31-1-2-32(4-3-31)48(54)68-38-14-16-46(44(26-38)52(58)62-24-20-42-30-66-42)70-50(56)34-7-11-36(12-8-34)60-22-18-40-28-64-40/h5-7,9-16,25-26,31-32,34,39-42H,1-4,8,17-24,27-30H2. The zero-order valence-electron chi connectivity index (χ0n) is 38.4. The average molecular weight is 967 g/mol. The van der Waals surface area contributed by atoms with E-state index in [4.69, 9.17) is 56.8 Å². The van der Waals surface area contributed by atoms with Gasteiger partial charge in [-0.15, -0.1) is 0 Å². The van der Waals surface area contributed by atoms with Crippen molar-refractivity contribution >= 4 is 35.8 Å². The fraction of sp³-hybridized carbons (Fsp3) is 0.462. The maximum Gasteiger partial charge on any atom is 0.343 e. The van der Waals surface area contributed by atoms with Crippen molar-refractivity contribution in [3.05, 3.63) is 101 Å². The summed E-state index contributed by atoms with van der Waals surface area (Å²) >= 11 is 0. The molecule has 18 nitrogen and oxygen atoms in total. The highest BCUT2D eigenvalue weighted by Gasteiger charge is 2.34. The molecule has 2 aliphatic carbocycles. The number of ether oxygens (including phenoxy) is 12. The molecule has 0 radical (unpaired) electrons. The van der Waals surface area contributed by atoms with E-state index in [0.717, 1.165) is 26.1 Å². The Morgan fingerprint density at radius 2 is 0.943 bits per heavy atom. The summed E-state index contributed by atoms with van der Waals surface area (Å²) in [5.74, 6) is -4.57. The third kappa shape index (κ3) is 14.2. The lowest BCUT2D eigenvalue weighted by molar-refractivity contribution is -0.145. The first-order chi connectivity index (χ1) is 34.1. The van der Waals surface area contributed by atoms with Crippen LogP contribution in [0.1, 0.15) is 88.9 Å². The largest absolute Gasteiger partial charge is 0.494 e. The maximum atomic E-state index is 13.5. The predicted octanol–water partition coefficient (Wildman–Crippen LogP) is 6.45. The van der Waals surface area contributed by atoms with Crippen LogP contribution in [0.3, 0.4) is 0 Å². The van der Waals surface area contributed by atoms with E-state index in [-0.39, 0.29) is 77.3 Å². The topological polar surface area (TPSA) is 226 Å². The molecule has 5 unspecified atom stereocenters. The van der Waals surface area contributed by atoms with Gasteiger partial charge < -0.3 is 56.8 Å². The summed E-state index contributed by atoms with van der Waals surface area (Å²) in [6.45, 7) is 3.80. The molecule has 18 heteroatoms. The Labute approximate surface area is 403 Å². The van der Waals surface area contributed by atoms with Crippen LogP contribution in [0.2, 0.25) is 0 Å². The molecule has 9 rings (SSSR count). The number of esters is 6. The van der Waals surface area contributed by atoms with E-state index in [2.05, 4.69) is 0 Å². The Hall–Kier alpha value is -6.60. The molecule has 370 valence electrons. The van der Waals surface area contributed by atoms with Crippen LogP contribution in [-0.4, -0.2) is 113 Å². The fourth-order valence-corrected chi connectivity index (χ4v) is 7.80. The SMILES string of the molecule is O=C(Oc1ccc(OC(=O)C2CCC(C(=O)Oc3ccc(OC(=O)C4C=CC(OCCC5CO5)=CC4)c(C(=O)OCCC4CO4)c3)CC2)cc1C(=O)OCCC1CO1)c1ccc(OCCC2CO2)cc1. The zero-order valence-corrected chi connectivity index (χ0v) is 38.4. The lowest BCUT2D eigenvalue weighted by Gasteiger charge is -2.26. The van der Waals surface area contributed by atoms with E-state index in [9.17, 15) is 28.8 Å². The second kappa shape index (κ2) is 22.9. The molecule has 0 amide bonds. The Morgan fingerprint density at radius 1 is 0.486 bits per heavy atom. The van der Waals surface area contributed by atoms with Crippen molar-refractivity contribution in [3.8, 4) is 28.7 Å². The highest BCUT2D eigenvalue weighted by molar-refractivity contribution is 5.97. The lowest BCUT2D eigenvalue weighted by atomic mass is 9.82. The van der Waals surface area contributed by atoms with Crippen LogP contribution in [0.25, 0.3) is 0 Å². The van der Waals surface area contributed by atoms with Crippen LogP contribution in [0, 0.1) is 17.8 Å². The van der Waals surface area contributed by atoms with E-state index < -0.39 is 53.6 Å². The smallest absolute Gasteiger partial charge is 0.343 e. The molecule has 4 heterocycles. The summed E-state index contributed by atoms with van der Waals surface area (Å²) < 4.78 is 66.1. The summed E-state index contributed by atoms with van der Waals surface area (Å²) in [4.78, 5) is 80.1. The number of carbonyl (C=O) groups is 6. The first-order valence-corrected chi connectivity index (χ1v) is 23.8. The van der Waals surface area contributed by atoms with Crippen molar-refractivity contribution in [2.24, 2.45) is 17.8 Å². The Kier molecular flexibility index (Phi) is 15.8. The second-order valence-electron chi connectivity index (χ2n) is 17.8. The lowest BCUT2D eigenvalue weighted by Crippen LogP contribution is -2.30. The van der Waals surface area contributed by atoms with Gasteiger partial charge in [0.05, 0.1) is 101 Å². The molecular formula is C52H54O18. The van der Waals surface area contributed by atoms with Crippen LogP contribution in [0.5, 0.6) is 28.7 Å². The van der Waals surface area contributed by atoms with E-state index in [0.29, 0.717) is 82.9 Å². The number of epoxide rings is 4. The van der Waals surface area contributed by atoms with E-state index in [1.54, 1.807) is 36.4 Å². The molecule has 0 bridgehead atoms. The van der Waals surface area contributed by atoms with Gasteiger partial charge in [-0.2, -0.15) is 0 Å². The summed E-state index contributed by atoms with van der Waals surface area (Å²) in [6.07, 6.45) is 9.86. The highest BCUT2D eigenvalue weighted by atomic mass is 16.6. The van der Waals surface area contributed by atoms with Crippen molar-refractivity contribution in [3.63, 3.8) is 0 Å². The molecule has 0 aromatic heterocycles.